The van der Waals surface area contributed by atoms with Gasteiger partial charge < -0.3 is 10.1 Å². The minimum absolute atomic E-state index is 0.114. The van der Waals surface area contributed by atoms with E-state index in [0.717, 1.165) is 30.0 Å². The lowest BCUT2D eigenvalue weighted by atomic mass is 10.1. The Morgan fingerprint density at radius 1 is 1.14 bits per heavy atom. The maximum absolute atomic E-state index is 11.2. The molecular weight excluding hydrogens is 288 g/mol. The van der Waals surface area contributed by atoms with Crippen LogP contribution in [0.3, 0.4) is 0 Å². The zero-order valence-electron chi connectivity index (χ0n) is 11.4. The summed E-state index contributed by atoms with van der Waals surface area (Å²) in [6, 6.07) is 12.5. The first-order chi connectivity index (χ1) is 10.0. The summed E-state index contributed by atoms with van der Waals surface area (Å²) in [6.45, 7) is 1.42. The molecule has 21 heavy (non-hydrogen) atoms. The van der Waals surface area contributed by atoms with Crippen LogP contribution in [0, 0.1) is 0 Å². The average molecular weight is 304 g/mol. The Morgan fingerprint density at radius 3 is 2.62 bits per heavy atom. The molecule has 1 aliphatic heterocycles. The van der Waals surface area contributed by atoms with E-state index in [-0.39, 0.29) is 4.90 Å². The number of hydrogen-bond acceptors (Lipinski definition) is 4. The molecule has 0 fully saturated rings. The quantitative estimate of drug-likeness (QED) is 0.903. The largest absolute Gasteiger partial charge is 0.493 e. The molecule has 6 heteroatoms. The molecule has 0 unspecified atom stereocenters. The number of benzene rings is 2. The van der Waals surface area contributed by atoms with Crippen molar-refractivity contribution in [3.05, 3.63) is 53.6 Å². The van der Waals surface area contributed by atoms with Crippen LogP contribution in [0.15, 0.2) is 47.4 Å². The fourth-order valence-electron chi connectivity index (χ4n) is 2.32. The van der Waals surface area contributed by atoms with Gasteiger partial charge in [-0.05, 0) is 41.5 Å². The summed E-state index contributed by atoms with van der Waals surface area (Å²) in [4.78, 5) is 0.114. The second kappa shape index (κ2) is 5.38. The average Bonchev–Trinajstić information content (AvgIpc) is 2.92. The predicted molar refractivity (Wildman–Crippen MR) is 80.8 cm³/mol. The third-order valence-corrected chi connectivity index (χ3v) is 4.36. The Morgan fingerprint density at radius 2 is 1.90 bits per heavy atom. The lowest BCUT2D eigenvalue weighted by Gasteiger charge is -2.08. The van der Waals surface area contributed by atoms with Crippen LogP contribution in [0.25, 0.3) is 0 Å². The van der Waals surface area contributed by atoms with Gasteiger partial charge in [0.15, 0.2) is 0 Å². The van der Waals surface area contributed by atoms with Gasteiger partial charge in [-0.15, -0.1) is 0 Å². The van der Waals surface area contributed by atoms with Gasteiger partial charge in [0.25, 0.3) is 0 Å². The third kappa shape index (κ3) is 3.17. The Kier molecular flexibility index (Phi) is 3.57. The molecular formula is C15H16N2O3S. The highest BCUT2D eigenvalue weighted by molar-refractivity contribution is 7.89. The van der Waals surface area contributed by atoms with Crippen molar-refractivity contribution < 1.29 is 13.2 Å². The molecule has 0 bridgehead atoms. The van der Waals surface area contributed by atoms with Gasteiger partial charge in [0.1, 0.15) is 5.75 Å². The first-order valence-corrected chi connectivity index (χ1v) is 8.18. The number of primary sulfonamides is 1. The summed E-state index contributed by atoms with van der Waals surface area (Å²) in [6.07, 6.45) is 0.951. The molecule has 110 valence electrons. The van der Waals surface area contributed by atoms with Gasteiger partial charge >= 0.3 is 0 Å². The fraction of sp³-hybridized carbons (Fsp3) is 0.200. The van der Waals surface area contributed by atoms with Gasteiger partial charge in [0, 0.05) is 18.7 Å². The Labute approximate surface area is 123 Å². The molecule has 1 aliphatic rings. The molecule has 3 rings (SSSR count). The van der Waals surface area contributed by atoms with Crippen molar-refractivity contribution >= 4 is 15.7 Å². The van der Waals surface area contributed by atoms with Gasteiger partial charge in [-0.2, -0.15) is 0 Å². The minimum atomic E-state index is -3.64. The predicted octanol–water partition coefficient (Wildman–Crippen LogP) is 1.88. The zero-order chi connectivity index (χ0) is 14.9. The highest BCUT2D eigenvalue weighted by atomic mass is 32.2. The topological polar surface area (TPSA) is 81.4 Å². The second-order valence-corrected chi connectivity index (χ2v) is 6.52. The Hall–Kier alpha value is -2.05. The molecule has 5 nitrogen and oxygen atoms in total. The van der Waals surface area contributed by atoms with E-state index in [1.165, 1.54) is 17.7 Å². The third-order valence-electron chi connectivity index (χ3n) is 3.43. The van der Waals surface area contributed by atoms with Gasteiger partial charge in [-0.1, -0.05) is 12.1 Å². The number of hydrogen-bond donors (Lipinski definition) is 2. The van der Waals surface area contributed by atoms with E-state index in [1.54, 1.807) is 12.1 Å². The van der Waals surface area contributed by atoms with Crippen molar-refractivity contribution in [3.63, 3.8) is 0 Å². The molecule has 0 aliphatic carbocycles. The van der Waals surface area contributed by atoms with Crippen LogP contribution in [-0.4, -0.2) is 15.0 Å². The Balaban J connectivity index is 1.68. The summed E-state index contributed by atoms with van der Waals surface area (Å²) in [7, 11) is -3.64. The first kappa shape index (κ1) is 13.9. The highest BCUT2D eigenvalue weighted by Crippen LogP contribution is 2.26. The number of sulfonamides is 1. The van der Waals surface area contributed by atoms with Crippen molar-refractivity contribution in [2.45, 2.75) is 17.9 Å². The van der Waals surface area contributed by atoms with Gasteiger partial charge in [0.2, 0.25) is 10.0 Å². The van der Waals surface area contributed by atoms with Crippen LogP contribution in [0.2, 0.25) is 0 Å². The molecule has 1 heterocycles. The molecule has 0 spiro atoms. The summed E-state index contributed by atoms with van der Waals surface area (Å²) < 4.78 is 27.8. The van der Waals surface area contributed by atoms with Gasteiger partial charge in [-0.25, -0.2) is 13.6 Å². The van der Waals surface area contributed by atoms with Crippen LogP contribution < -0.4 is 15.2 Å². The summed E-state index contributed by atoms with van der Waals surface area (Å²) in [5.74, 6) is 0.969. The molecule has 2 aromatic rings. The normalized spacial score (nSPS) is 13.6. The number of fused-ring (bicyclic) bond motifs is 1. The van der Waals surface area contributed by atoms with Gasteiger partial charge in [0.05, 0.1) is 11.5 Å². The SMILES string of the molecule is NS(=O)(=O)c1ccc(NCc2ccc3c(c2)CCO3)cc1. The van der Waals surface area contributed by atoms with Crippen LogP contribution in [-0.2, 0) is 23.0 Å². The fourth-order valence-corrected chi connectivity index (χ4v) is 2.83. The van der Waals surface area contributed by atoms with Crippen molar-refractivity contribution in [1.82, 2.24) is 0 Å². The van der Waals surface area contributed by atoms with E-state index in [4.69, 9.17) is 9.88 Å². The van der Waals surface area contributed by atoms with E-state index < -0.39 is 10.0 Å². The molecule has 0 saturated carbocycles. The summed E-state index contributed by atoms with van der Waals surface area (Å²) >= 11 is 0. The highest BCUT2D eigenvalue weighted by Gasteiger charge is 2.12. The van der Waals surface area contributed by atoms with Crippen LogP contribution in [0.1, 0.15) is 11.1 Å². The number of nitrogens with two attached hydrogens (primary N) is 1. The molecule has 0 aromatic heterocycles. The first-order valence-electron chi connectivity index (χ1n) is 6.64. The van der Waals surface area contributed by atoms with Crippen LogP contribution >= 0.6 is 0 Å². The molecule has 0 saturated heterocycles. The van der Waals surface area contributed by atoms with Crippen LogP contribution in [0.4, 0.5) is 5.69 Å². The zero-order valence-corrected chi connectivity index (χ0v) is 12.2. The van der Waals surface area contributed by atoms with E-state index in [9.17, 15) is 8.42 Å². The van der Waals surface area contributed by atoms with Crippen molar-refractivity contribution in [2.24, 2.45) is 5.14 Å². The van der Waals surface area contributed by atoms with Crippen molar-refractivity contribution in [2.75, 3.05) is 11.9 Å². The lowest BCUT2D eigenvalue weighted by molar-refractivity contribution is 0.357. The number of anilines is 1. The summed E-state index contributed by atoms with van der Waals surface area (Å²) in [5, 5.41) is 8.32. The van der Waals surface area contributed by atoms with E-state index in [2.05, 4.69) is 11.4 Å². The molecule has 3 N–H and O–H groups in total. The monoisotopic (exact) mass is 304 g/mol. The lowest BCUT2D eigenvalue weighted by Crippen LogP contribution is -2.12. The molecule has 0 radical (unpaired) electrons. The minimum Gasteiger partial charge on any atom is -0.493 e. The van der Waals surface area contributed by atoms with E-state index >= 15 is 0 Å². The number of rotatable bonds is 4. The molecule has 2 aromatic carbocycles. The molecule has 0 atom stereocenters. The maximum atomic E-state index is 11.2. The standard InChI is InChI=1S/C15H16N2O3S/c16-21(18,19)14-4-2-13(3-5-14)17-10-11-1-6-15-12(9-11)7-8-20-15/h1-6,9,17H,7-8,10H2,(H2,16,18,19). The number of nitrogens with one attached hydrogen (secondary N) is 1. The second-order valence-electron chi connectivity index (χ2n) is 4.96. The Bertz CT molecular complexity index is 755. The van der Waals surface area contributed by atoms with E-state index in [0.29, 0.717) is 6.54 Å². The summed E-state index contributed by atoms with van der Waals surface area (Å²) in [5.41, 5.74) is 3.24. The maximum Gasteiger partial charge on any atom is 0.238 e. The number of ether oxygens (including phenoxy) is 1. The van der Waals surface area contributed by atoms with Crippen molar-refractivity contribution in [1.29, 1.82) is 0 Å². The smallest absolute Gasteiger partial charge is 0.238 e. The van der Waals surface area contributed by atoms with Crippen LogP contribution in [0.5, 0.6) is 5.75 Å². The van der Waals surface area contributed by atoms with Crippen molar-refractivity contribution in [3.8, 4) is 5.75 Å². The van der Waals surface area contributed by atoms with Gasteiger partial charge in [-0.3, -0.25) is 0 Å². The van der Waals surface area contributed by atoms with E-state index in [1.807, 2.05) is 12.1 Å². The molecule has 0 amide bonds.